The molecule has 3 N–H and O–H groups in total. The van der Waals surface area contributed by atoms with Crippen LogP contribution in [0.3, 0.4) is 0 Å². The third kappa shape index (κ3) is 1.96. The molecule has 0 bridgehead atoms. The molecule has 0 amide bonds. The molecule has 86 valence electrons. The molecule has 16 heavy (non-hydrogen) atoms. The standard InChI is InChI=1S/C13H18N2O/c1-15-11-6-3-2-5-10(11)9-12(15)13(16)7-4-8-14/h2-3,5-6,9,13,16H,4,7-8,14H2,1H3. The van der Waals surface area contributed by atoms with Crippen molar-refractivity contribution in [3.05, 3.63) is 36.0 Å². The van der Waals surface area contributed by atoms with Crippen molar-refractivity contribution in [1.29, 1.82) is 0 Å². The minimum atomic E-state index is -0.416. The Morgan fingerprint density at radius 2 is 2.12 bits per heavy atom. The van der Waals surface area contributed by atoms with Crippen LogP contribution in [-0.4, -0.2) is 16.2 Å². The second-order valence-corrected chi connectivity index (χ2v) is 4.13. The second kappa shape index (κ2) is 4.68. The fourth-order valence-corrected chi connectivity index (χ4v) is 2.09. The Hall–Kier alpha value is -1.32. The molecule has 1 aromatic carbocycles. The third-order valence-corrected chi connectivity index (χ3v) is 3.01. The summed E-state index contributed by atoms with van der Waals surface area (Å²) < 4.78 is 2.05. The number of hydrogen-bond donors (Lipinski definition) is 2. The molecule has 1 atom stereocenters. The van der Waals surface area contributed by atoms with E-state index in [1.165, 1.54) is 5.39 Å². The molecule has 1 aromatic heterocycles. The molecule has 0 aliphatic rings. The Balaban J connectivity index is 2.33. The monoisotopic (exact) mass is 218 g/mol. The van der Waals surface area contributed by atoms with Gasteiger partial charge in [-0.15, -0.1) is 0 Å². The van der Waals surface area contributed by atoms with Crippen LogP contribution in [0.4, 0.5) is 0 Å². The van der Waals surface area contributed by atoms with Crippen molar-refractivity contribution in [2.45, 2.75) is 18.9 Å². The highest BCUT2D eigenvalue weighted by Gasteiger charge is 2.13. The van der Waals surface area contributed by atoms with E-state index in [1.54, 1.807) is 0 Å². The highest BCUT2D eigenvalue weighted by molar-refractivity contribution is 5.81. The molecule has 0 aliphatic carbocycles. The van der Waals surface area contributed by atoms with Crippen molar-refractivity contribution < 1.29 is 5.11 Å². The van der Waals surface area contributed by atoms with Gasteiger partial charge in [0.05, 0.1) is 6.10 Å². The van der Waals surface area contributed by atoms with Crippen LogP contribution in [0.25, 0.3) is 10.9 Å². The van der Waals surface area contributed by atoms with Crippen molar-refractivity contribution in [2.24, 2.45) is 12.8 Å². The van der Waals surface area contributed by atoms with Crippen LogP contribution >= 0.6 is 0 Å². The zero-order valence-electron chi connectivity index (χ0n) is 9.56. The summed E-state index contributed by atoms with van der Waals surface area (Å²) in [4.78, 5) is 0. The summed E-state index contributed by atoms with van der Waals surface area (Å²) in [5.41, 5.74) is 7.57. The van der Waals surface area contributed by atoms with Gasteiger partial charge in [-0.1, -0.05) is 18.2 Å². The fraction of sp³-hybridized carbons (Fsp3) is 0.385. The van der Waals surface area contributed by atoms with Gasteiger partial charge in [0.1, 0.15) is 0 Å². The zero-order valence-corrected chi connectivity index (χ0v) is 9.56. The Bertz CT molecular complexity index is 476. The summed E-state index contributed by atoms with van der Waals surface area (Å²) in [5, 5.41) is 11.2. The molecule has 3 heteroatoms. The fourth-order valence-electron chi connectivity index (χ4n) is 2.09. The first-order valence-electron chi connectivity index (χ1n) is 5.66. The van der Waals surface area contributed by atoms with Crippen molar-refractivity contribution in [3.8, 4) is 0 Å². The van der Waals surface area contributed by atoms with E-state index in [4.69, 9.17) is 5.73 Å². The first-order valence-corrected chi connectivity index (χ1v) is 5.66. The third-order valence-electron chi connectivity index (χ3n) is 3.01. The van der Waals surface area contributed by atoms with Crippen LogP contribution in [0.1, 0.15) is 24.6 Å². The van der Waals surface area contributed by atoms with E-state index in [2.05, 4.69) is 22.8 Å². The van der Waals surface area contributed by atoms with Gasteiger partial charge in [-0.25, -0.2) is 0 Å². The first kappa shape index (κ1) is 11.2. The summed E-state index contributed by atoms with van der Waals surface area (Å²) in [6, 6.07) is 10.2. The molecule has 0 radical (unpaired) electrons. The SMILES string of the molecule is Cn1c(C(O)CCCN)cc2ccccc21. The topological polar surface area (TPSA) is 51.2 Å². The molecule has 0 spiro atoms. The Labute approximate surface area is 95.5 Å². The molecule has 0 fully saturated rings. The highest BCUT2D eigenvalue weighted by atomic mass is 16.3. The number of benzene rings is 1. The average Bonchev–Trinajstić information content (AvgIpc) is 2.64. The van der Waals surface area contributed by atoms with Gasteiger partial charge in [0, 0.05) is 18.3 Å². The molecular formula is C13H18N2O. The maximum Gasteiger partial charge on any atom is 0.0940 e. The average molecular weight is 218 g/mol. The quantitative estimate of drug-likeness (QED) is 0.824. The van der Waals surface area contributed by atoms with Gasteiger partial charge in [-0.3, -0.25) is 0 Å². The predicted octanol–water partition coefficient (Wildman–Crippen LogP) is 1.95. The summed E-state index contributed by atoms with van der Waals surface area (Å²) in [7, 11) is 1.99. The number of fused-ring (bicyclic) bond motifs is 1. The van der Waals surface area contributed by atoms with Crippen molar-refractivity contribution >= 4 is 10.9 Å². The minimum absolute atomic E-state index is 0.416. The van der Waals surface area contributed by atoms with Crippen LogP contribution in [0.5, 0.6) is 0 Å². The van der Waals surface area contributed by atoms with Gasteiger partial charge in [-0.05, 0) is 36.9 Å². The smallest absolute Gasteiger partial charge is 0.0940 e. The predicted molar refractivity (Wildman–Crippen MR) is 66.2 cm³/mol. The summed E-state index contributed by atoms with van der Waals surface area (Å²) in [6.45, 7) is 0.626. The van der Waals surface area contributed by atoms with E-state index in [0.29, 0.717) is 6.54 Å². The highest BCUT2D eigenvalue weighted by Crippen LogP contribution is 2.25. The maximum atomic E-state index is 10.1. The van der Waals surface area contributed by atoms with E-state index in [1.807, 2.05) is 19.2 Å². The van der Waals surface area contributed by atoms with Crippen LogP contribution in [0.2, 0.25) is 0 Å². The Morgan fingerprint density at radius 3 is 2.81 bits per heavy atom. The number of para-hydroxylation sites is 1. The van der Waals surface area contributed by atoms with Crippen LogP contribution in [-0.2, 0) is 7.05 Å². The van der Waals surface area contributed by atoms with Gasteiger partial charge in [0.2, 0.25) is 0 Å². The number of aliphatic hydroxyl groups is 1. The number of hydrogen-bond acceptors (Lipinski definition) is 2. The van der Waals surface area contributed by atoms with E-state index < -0.39 is 6.10 Å². The van der Waals surface area contributed by atoms with Crippen LogP contribution < -0.4 is 5.73 Å². The van der Waals surface area contributed by atoms with Crippen LogP contribution in [0, 0.1) is 0 Å². The zero-order chi connectivity index (χ0) is 11.5. The molecule has 0 aliphatic heterocycles. The molecule has 2 aromatic rings. The summed E-state index contributed by atoms with van der Waals surface area (Å²) >= 11 is 0. The first-order chi connectivity index (χ1) is 7.74. The molecule has 0 saturated carbocycles. The Kier molecular flexibility index (Phi) is 3.27. The molecule has 0 saturated heterocycles. The molecule has 3 nitrogen and oxygen atoms in total. The van der Waals surface area contributed by atoms with Crippen molar-refractivity contribution in [3.63, 3.8) is 0 Å². The lowest BCUT2D eigenvalue weighted by Crippen LogP contribution is -2.07. The maximum absolute atomic E-state index is 10.1. The van der Waals surface area contributed by atoms with Gasteiger partial charge in [0.25, 0.3) is 0 Å². The number of nitrogens with zero attached hydrogens (tertiary/aromatic N) is 1. The van der Waals surface area contributed by atoms with Crippen molar-refractivity contribution in [2.75, 3.05) is 6.54 Å². The molecular weight excluding hydrogens is 200 g/mol. The number of aromatic nitrogens is 1. The molecule has 1 unspecified atom stereocenters. The van der Waals surface area contributed by atoms with Gasteiger partial charge < -0.3 is 15.4 Å². The summed E-state index contributed by atoms with van der Waals surface area (Å²) in [6.07, 6.45) is 1.16. The van der Waals surface area contributed by atoms with E-state index in [9.17, 15) is 5.11 Å². The number of nitrogens with two attached hydrogens (primary N) is 1. The lowest BCUT2D eigenvalue weighted by molar-refractivity contribution is 0.158. The van der Waals surface area contributed by atoms with Crippen LogP contribution in [0.15, 0.2) is 30.3 Å². The Morgan fingerprint density at radius 1 is 1.38 bits per heavy atom. The lowest BCUT2D eigenvalue weighted by atomic mass is 10.1. The molecule has 1 heterocycles. The minimum Gasteiger partial charge on any atom is -0.387 e. The van der Waals surface area contributed by atoms with E-state index >= 15 is 0 Å². The molecule has 2 rings (SSSR count). The summed E-state index contributed by atoms with van der Waals surface area (Å²) in [5.74, 6) is 0. The van der Waals surface area contributed by atoms with Gasteiger partial charge in [-0.2, -0.15) is 0 Å². The van der Waals surface area contributed by atoms with E-state index in [-0.39, 0.29) is 0 Å². The van der Waals surface area contributed by atoms with E-state index in [0.717, 1.165) is 24.1 Å². The normalized spacial score (nSPS) is 13.2. The second-order valence-electron chi connectivity index (χ2n) is 4.13. The van der Waals surface area contributed by atoms with Crippen molar-refractivity contribution in [1.82, 2.24) is 4.57 Å². The van der Waals surface area contributed by atoms with Gasteiger partial charge in [0.15, 0.2) is 0 Å². The number of rotatable bonds is 4. The van der Waals surface area contributed by atoms with Gasteiger partial charge >= 0.3 is 0 Å². The number of aliphatic hydroxyl groups excluding tert-OH is 1. The largest absolute Gasteiger partial charge is 0.387 e. The lowest BCUT2D eigenvalue weighted by Gasteiger charge is -2.11. The number of aryl methyl sites for hydroxylation is 1.